The van der Waals surface area contributed by atoms with E-state index in [0.29, 0.717) is 0 Å². The summed E-state index contributed by atoms with van der Waals surface area (Å²) in [6, 6.07) is 0. The van der Waals surface area contributed by atoms with Crippen LogP contribution in [-0.2, 0) is 128 Å². The summed E-state index contributed by atoms with van der Waals surface area (Å²) in [4.78, 5) is 0. The van der Waals surface area contributed by atoms with Crippen LogP contribution < -0.4 is 0 Å². The summed E-state index contributed by atoms with van der Waals surface area (Å²) >= 11 is 0. The lowest BCUT2D eigenvalue weighted by molar-refractivity contribution is -0.404. The highest BCUT2D eigenvalue weighted by molar-refractivity contribution is 5.04. The van der Waals surface area contributed by atoms with Gasteiger partial charge in [0.25, 0.3) is 0 Å². The van der Waals surface area contributed by atoms with Crippen LogP contribution in [0.2, 0.25) is 0 Å². The predicted octanol–water partition coefficient (Wildman–Crippen LogP) is -27.7. The highest BCUT2D eigenvalue weighted by atomic mass is 16.8. The molecule has 14 heterocycles. The average molecular weight is 2110 g/mol. The van der Waals surface area contributed by atoms with Gasteiger partial charge in [0.15, 0.2) is 88.1 Å². The maximum absolute atomic E-state index is 12.4. The van der Waals surface area contributed by atoms with Crippen LogP contribution in [0, 0.1) is 0 Å². The molecule has 0 saturated carbocycles. The molecule has 0 unspecified atom stereocenters. The van der Waals surface area contributed by atoms with E-state index in [-0.39, 0.29) is 0 Å². The third-order valence-corrected chi connectivity index (χ3v) is 26.8. The van der Waals surface area contributed by atoms with Crippen LogP contribution in [0.4, 0.5) is 0 Å². The maximum atomic E-state index is 12.4. The fourth-order valence-corrected chi connectivity index (χ4v) is 18.1. The number of rotatable bonds is 34. The van der Waals surface area contributed by atoms with Crippen molar-refractivity contribution in [3.05, 3.63) is 0 Å². The lowest BCUT2D eigenvalue weighted by Crippen LogP contribution is -2.69. The van der Waals surface area contributed by atoms with Crippen LogP contribution >= 0.6 is 0 Å². The van der Waals surface area contributed by atoms with E-state index in [1.807, 2.05) is 0 Å². The lowest BCUT2D eigenvalue weighted by Gasteiger charge is -2.50. The Kier molecular flexibility index (Phi) is 40.8. The Morgan fingerprint density at radius 2 is 0.301 bits per heavy atom. The highest BCUT2D eigenvalue weighted by Gasteiger charge is 2.63. The molecule has 0 aromatic heterocycles. The molecule has 0 amide bonds. The first-order valence-corrected chi connectivity index (χ1v) is 45.7. The fourth-order valence-electron chi connectivity index (χ4n) is 18.1. The molecule has 832 valence electrons. The van der Waals surface area contributed by atoms with E-state index >= 15 is 0 Å². The molecule has 0 bridgehead atoms. The van der Waals surface area contributed by atoms with Gasteiger partial charge in [0, 0.05) is 0 Å². The van der Waals surface area contributed by atoms with E-state index in [9.17, 15) is 194 Å². The Balaban J connectivity index is 0.692. The second kappa shape index (κ2) is 50.3. The van der Waals surface area contributed by atoms with Crippen LogP contribution in [0.3, 0.4) is 0 Å². The maximum Gasteiger partial charge on any atom is 0.187 e. The minimum absolute atomic E-state index is 0.553. The van der Waals surface area contributed by atoms with Gasteiger partial charge in [-0.25, -0.2) is 0 Å². The van der Waals surface area contributed by atoms with Crippen molar-refractivity contribution in [1.82, 2.24) is 0 Å². The van der Waals surface area contributed by atoms with Crippen molar-refractivity contribution in [1.29, 1.82) is 0 Å². The summed E-state index contributed by atoms with van der Waals surface area (Å²) in [5.74, 6) is 0. The van der Waals surface area contributed by atoms with Gasteiger partial charge in [0.1, 0.15) is 305 Å². The Bertz CT molecular complexity index is 3800. The minimum atomic E-state index is -2.60. The lowest BCUT2D eigenvalue weighted by atomic mass is 9.95. The minimum Gasteiger partial charge on any atom is -0.394 e. The Labute approximate surface area is 805 Å². The molecular formula is C78H130O65. The first-order valence-electron chi connectivity index (χ1n) is 45.7. The molecule has 38 N–H and O–H groups in total. The molecule has 65 heteroatoms. The van der Waals surface area contributed by atoms with E-state index in [1.165, 1.54) is 0 Å². The number of hydrogen-bond donors (Lipinski definition) is 38. The van der Waals surface area contributed by atoms with Crippen molar-refractivity contribution in [2.24, 2.45) is 0 Å². The van der Waals surface area contributed by atoms with Gasteiger partial charge in [-0.05, 0) is 0 Å². The van der Waals surface area contributed by atoms with E-state index in [4.69, 9.17) is 128 Å². The Morgan fingerprint density at radius 1 is 0.147 bits per heavy atom. The van der Waals surface area contributed by atoms with Gasteiger partial charge in [0.05, 0.1) is 92.5 Å². The number of aliphatic hydroxyl groups excluding tert-OH is 38. The number of aliphatic hydroxyl groups is 38. The zero-order chi connectivity index (χ0) is 104. The standard InChI is InChI=1S/C78H130O65/c79-1-21-58(37(95)44(102)65(116)129-21)137-74-53(111)39(97)62(26(132-74)12-126-69-48(106)32(90)18(84)6-120-69)141-78-57(115)43(101)64(28(136-78)14-128-71-50(108)34(92)20(86)8-122-71)143-77-56(114)42(100)61(25(135-77)11-125-68-47(105)31(89)17(83)5-119-68)140-73-52(110)38(96)59(22(2-80)130-73)138-75-54(112)40(98)63(27(133-75)13-127-70-49(107)33(91)19(85)7-121-70)142-76-55(113)41(99)60(24(134-76)10-124-67-46(104)30(88)16(82)4-118-67)139-72-51(109)36(94)35(93)23(131-72)9-123-66-45(103)29(87)15(81)3-117-66/h15-116H,1-14H2/t15-,16-,17-,18-,19-,20-,21-,22-,23-,24-,25-,26-,27-,28-,29+,30+,31+,32+,33+,34+,35-,36+,37-,38-,39-,40-,41-,42-,43-,44-,45-,46-,47-,48-,49-,50-,51-,52-,53-,54-,55-,56-,57-,58-,59-,60-,61-,62-,63-,64-,65-,66-,67-,68-,69-,70-,71-,72+,73+,74+,75+,76+,77+,78+/m1/s1. The van der Waals surface area contributed by atoms with Crippen LogP contribution in [0.1, 0.15) is 0 Å². The second-order valence-electron chi connectivity index (χ2n) is 36.8. The first kappa shape index (κ1) is 116. The van der Waals surface area contributed by atoms with Gasteiger partial charge >= 0.3 is 0 Å². The summed E-state index contributed by atoms with van der Waals surface area (Å²) in [6.07, 6.45) is -136. The molecule has 0 aromatic carbocycles. The van der Waals surface area contributed by atoms with Crippen molar-refractivity contribution in [3.63, 3.8) is 0 Å². The third-order valence-electron chi connectivity index (χ3n) is 26.8. The van der Waals surface area contributed by atoms with Crippen molar-refractivity contribution >= 4 is 0 Å². The average Bonchev–Trinajstić information content (AvgIpc) is 0.771. The van der Waals surface area contributed by atoms with Crippen LogP contribution in [0.25, 0.3) is 0 Å². The summed E-state index contributed by atoms with van der Waals surface area (Å²) in [5.41, 5.74) is 0. The predicted molar refractivity (Wildman–Crippen MR) is 424 cm³/mol. The number of ether oxygens (including phenoxy) is 27. The largest absolute Gasteiger partial charge is 0.394 e. The first-order chi connectivity index (χ1) is 67.7. The third kappa shape index (κ3) is 25.5. The van der Waals surface area contributed by atoms with Crippen molar-refractivity contribution < 1.29 is 322 Å². The molecule has 0 aliphatic carbocycles. The second-order valence-corrected chi connectivity index (χ2v) is 36.8. The summed E-state index contributed by atoms with van der Waals surface area (Å²) < 4.78 is 156. The zero-order valence-corrected chi connectivity index (χ0v) is 74.9. The molecule has 0 spiro atoms. The quantitative estimate of drug-likeness (QED) is 0.0284. The Hall–Kier alpha value is -2.60. The zero-order valence-electron chi connectivity index (χ0n) is 74.9. The fraction of sp³-hybridized carbons (Fsp3) is 1.00. The molecule has 14 fully saturated rings. The molecule has 14 rings (SSSR count). The van der Waals surface area contributed by atoms with Gasteiger partial charge in [-0.1, -0.05) is 0 Å². The van der Waals surface area contributed by atoms with Gasteiger partial charge in [-0.15, -0.1) is 0 Å². The highest BCUT2D eigenvalue weighted by Crippen LogP contribution is 2.42. The van der Waals surface area contributed by atoms with Gasteiger partial charge in [-0.3, -0.25) is 0 Å². The summed E-state index contributed by atoms with van der Waals surface area (Å²) in [6.45, 7) is -12.5. The molecule has 143 heavy (non-hydrogen) atoms. The molecule has 14 aliphatic heterocycles. The Morgan fingerprint density at radius 3 is 0.503 bits per heavy atom. The molecular weight excluding hydrogens is 1980 g/mol. The monoisotopic (exact) mass is 2110 g/mol. The molecule has 0 aromatic rings. The van der Waals surface area contributed by atoms with Gasteiger partial charge in [0.2, 0.25) is 0 Å². The molecule has 64 atom stereocenters. The normalized spacial score (nSPS) is 54.3. The molecule has 0 radical (unpaired) electrons. The number of hydrogen-bond acceptors (Lipinski definition) is 65. The van der Waals surface area contributed by atoms with Crippen LogP contribution in [0.15, 0.2) is 0 Å². The van der Waals surface area contributed by atoms with Crippen molar-refractivity contribution in [2.75, 3.05) is 92.5 Å². The molecule has 65 nitrogen and oxygen atoms in total. The van der Waals surface area contributed by atoms with E-state index in [2.05, 4.69) is 0 Å². The molecule has 14 aliphatic rings. The van der Waals surface area contributed by atoms with Gasteiger partial charge in [-0.2, -0.15) is 0 Å². The van der Waals surface area contributed by atoms with Gasteiger partial charge < -0.3 is 322 Å². The van der Waals surface area contributed by atoms with Crippen molar-refractivity contribution in [2.45, 2.75) is 393 Å². The van der Waals surface area contributed by atoms with Crippen LogP contribution in [0.5, 0.6) is 0 Å². The van der Waals surface area contributed by atoms with Crippen LogP contribution in [-0.4, -0.2) is 680 Å². The summed E-state index contributed by atoms with van der Waals surface area (Å²) in [7, 11) is 0. The smallest absolute Gasteiger partial charge is 0.187 e. The SMILES string of the molecule is OC[C@H]1O[C@@H](O)[C@H](O)[C@@H](O)[C@@H]1O[C@@H]1O[C@H](CO[C@H]2OC[C@@H](O)[C@H](O)[C@H]2O)[C@@H](O[C@@H]2O[C@H](CO[C@H]3OC[C@@H](O)[C@H](O)[C@H]3O)[C@@H](O[C@@H]3O[C@H](CO[C@H]4OC[C@@H](O)[C@H](O)[C@H]4O)[C@@H](O[C@@H]4O[C@H](CO)[C@@H](O[C@@H]5O[C@H](CO[C@H]6OC[C@@H](O)[C@H](O)[C@H]6O)[C@@H](O[C@@H]6O[C@H](CO[C@H]7OC[C@@H](O)[C@H](O)[C@H]7O)[C@@H](O[C@@H]7O[C@H](CO[C@H]8OC[C@@H](O)[C@H](O)[C@H]8O)[C@@H](O)[C@H](O)[C@H]7O)[C@H](O)[C@H]6O)[C@H](O)[C@H]5O)[C@H](O)[C@H]4O)[C@H](O)[C@H]3O)[C@H](O)[C@H]2O)[C@H](O)[C@H]1O. The van der Waals surface area contributed by atoms with E-state index in [1.54, 1.807) is 0 Å². The topological polar surface area (TPSA) is 1020 Å². The van der Waals surface area contributed by atoms with Crippen molar-refractivity contribution in [3.8, 4) is 0 Å². The summed E-state index contributed by atoms with van der Waals surface area (Å²) in [5, 5.41) is 421. The van der Waals surface area contributed by atoms with E-state index in [0.717, 1.165) is 0 Å². The van der Waals surface area contributed by atoms with E-state index < -0.39 is 486 Å². The molecule has 14 saturated heterocycles.